The predicted octanol–water partition coefficient (Wildman–Crippen LogP) is 3.10. The molecular formula is C24H28N2O5. The standard InChI is InChI=1S/C24H28N2O5/c1-4-31-21-8-6-5-7-18(21)9-12-23(27)25-13-15-26(16-14-25)24(28)20-11-10-19(29-2)17-22(20)30-3/h5-12,17H,4,13-16H2,1-3H3. The number of hydrogen-bond donors (Lipinski definition) is 0. The second-order valence-electron chi connectivity index (χ2n) is 6.99. The molecule has 0 radical (unpaired) electrons. The Bertz CT molecular complexity index is 949. The van der Waals surface area contributed by atoms with E-state index in [-0.39, 0.29) is 11.8 Å². The molecule has 0 saturated carbocycles. The molecule has 0 spiro atoms. The topological polar surface area (TPSA) is 68.3 Å². The van der Waals surface area contributed by atoms with Gasteiger partial charge in [-0.15, -0.1) is 0 Å². The van der Waals surface area contributed by atoms with Gasteiger partial charge in [0.2, 0.25) is 5.91 Å². The van der Waals surface area contributed by atoms with Gasteiger partial charge in [-0.3, -0.25) is 9.59 Å². The highest BCUT2D eigenvalue weighted by molar-refractivity contribution is 5.97. The number of methoxy groups -OCH3 is 2. The van der Waals surface area contributed by atoms with Gasteiger partial charge in [-0.25, -0.2) is 0 Å². The van der Waals surface area contributed by atoms with E-state index in [0.717, 1.165) is 11.3 Å². The molecule has 31 heavy (non-hydrogen) atoms. The van der Waals surface area contributed by atoms with Crippen LogP contribution in [0.3, 0.4) is 0 Å². The van der Waals surface area contributed by atoms with Gasteiger partial charge in [0, 0.05) is 43.9 Å². The van der Waals surface area contributed by atoms with Crippen LogP contribution in [-0.2, 0) is 4.79 Å². The molecule has 1 fully saturated rings. The van der Waals surface area contributed by atoms with Crippen molar-refractivity contribution in [3.63, 3.8) is 0 Å². The van der Waals surface area contributed by atoms with Gasteiger partial charge in [0.05, 0.1) is 26.4 Å². The molecule has 2 amide bonds. The molecular weight excluding hydrogens is 396 g/mol. The van der Waals surface area contributed by atoms with Crippen LogP contribution in [0, 0.1) is 0 Å². The number of rotatable bonds is 7. The van der Waals surface area contributed by atoms with Crippen molar-refractivity contribution in [1.82, 2.24) is 9.80 Å². The minimum Gasteiger partial charge on any atom is -0.497 e. The Labute approximate surface area is 182 Å². The lowest BCUT2D eigenvalue weighted by atomic mass is 10.1. The van der Waals surface area contributed by atoms with Crippen LogP contribution in [0.4, 0.5) is 0 Å². The summed E-state index contributed by atoms with van der Waals surface area (Å²) in [6, 6.07) is 12.7. The quantitative estimate of drug-likeness (QED) is 0.639. The van der Waals surface area contributed by atoms with E-state index < -0.39 is 0 Å². The third kappa shape index (κ3) is 5.36. The third-order valence-corrected chi connectivity index (χ3v) is 5.14. The number of carbonyl (C=O) groups excluding carboxylic acids is 2. The molecule has 0 bridgehead atoms. The molecule has 2 aromatic rings. The van der Waals surface area contributed by atoms with E-state index in [2.05, 4.69) is 0 Å². The normalized spacial score (nSPS) is 13.9. The summed E-state index contributed by atoms with van der Waals surface area (Å²) >= 11 is 0. The van der Waals surface area contributed by atoms with Crippen LogP contribution >= 0.6 is 0 Å². The Morgan fingerprint density at radius 1 is 0.935 bits per heavy atom. The molecule has 1 aliphatic rings. The number of para-hydroxylation sites is 1. The van der Waals surface area contributed by atoms with E-state index in [1.165, 1.54) is 7.11 Å². The van der Waals surface area contributed by atoms with Crippen molar-refractivity contribution in [3.05, 3.63) is 59.7 Å². The summed E-state index contributed by atoms with van der Waals surface area (Å²) in [6.07, 6.45) is 3.33. The SMILES string of the molecule is CCOc1ccccc1C=CC(=O)N1CCN(C(=O)c2ccc(OC)cc2OC)CC1. The first-order valence-corrected chi connectivity index (χ1v) is 10.3. The van der Waals surface area contributed by atoms with Crippen LogP contribution < -0.4 is 14.2 Å². The Morgan fingerprint density at radius 2 is 1.65 bits per heavy atom. The molecule has 0 aromatic heterocycles. The highest BCUT2D eigenvalue weighted by Crippen LogP contribution is 2.26. The molecule has 1 saturated heterocycles. The minimum absolute atomic E-state index is 0.0829. The molecule has 7 nitrogen and oxygen atoms in total. The number of ether oxygens (including phenoxy) is 3. The van der Waals surface area contributed by atoms with E-state index in [1.54, 1.807) is 47.3 Å². The second kappa shape index (κ2) is 10.5. The van der Waals surface area contributed by atoms with Crippen LogP contribution in [0.2, 0.25) is 0 Å². The summed E-state index contributed by atoms with van der Waals surface area (Å²) < 4.78 is 16.1. The highest BCUT2D eigenvalue weighted by atomic mass is 16.5. The van der Waals surface area contributed by atoms with Crippen molar-refractivity contribution in [2.75, 3.05) is 47.0 Å². The van der Waals surface area contributed by atoms with Crippen molar-refractivity contribution in [2.45, 2.75) is 6.92 Å². The maximum Gasteiger partial charge on any atom is 0.257 e. The smallest absolute Gasteiger partial charge is 0.257 e. The Morgan fingerprint density at radius 3 is 2.32 bits per heavy atom. The van der Waals surface area contributed by atoms with Gasteiger partial charge in [-0.2, -0.15) is 0 Å². The summed E-state index contributed by atoms with van der Waals surface area (Å²) in [5.74, 6) is 1.64. The zero-order valence-electron chi connectivity index (χ0n) is 18.2. The van der Waals surface area contributed by atoms with Gasteiger partial charge >= 0.3 is 0 Å². The van der Waals surface area contributed by atoms with Crippen LogP contribution in [0.15, 0.2) is 48.5 Å². The van der Waals surface area contributed by atoms with Crippen molar-refractivity contribution < 1.29 is 23.8 Å². The molecule has 164 valence electrons. The Hall–Kier alpha value is -3.48. The van der Waals surface area contributed by atoms with Gasteiger partial charge in [-0.05, 0) is 31.2 Å². The fraction of sp³-hybridized carbons (Fsp3) is 0.333. The third-order valence-electron chi connectivity index (χ3n) is 5.14. The molecule has 2 aromatic carbocycles. The predicted molar refractivity (Wildman–Crippen MR) is 119 cm³/mol. The van der Waals surface area contributed by atoms with Crippen LogP contribution in [0.5, 0.6) is 17.2 Å². The molecule has 0 unspecified atom stereocenters. The first-order chi connectivity index (χ1) is 15.1. The van der Waals surface area contributed by atoms with E-state index in [4.69, 9.17) is 14.2 Å². The lowest BCUT2D eigenvalue weighted by molar-refractivity contribution is -0.127. The zero-order chi connectivity index (χ0) is 22.2. The first kappa shape index (κ1) is 22.2. The summed E-state index contributed by atoms with van der Waals surface area (Å²) in [5.41, 5.74) is 1.34. The van der Waals surface area contributed by atoms with Gasteiger partial charge < -0.3 is 24.0 Å². The zero-order valence-corrected chi connectivity index (χ0v) is 18.2. The van der Waals surface area contributed by atoms with Crippen molar-refractivity contribution in [1.29, 1.82) is 0 Å². The van der Waals surface area contributed by atoms with Gasteiger partial charge in [0.1, 0.15) is 17.2 Å². The molecule has 0 aliphatic carbocycles. The number of amides is 2. The maximum atomic E-state index is 12.9. The average Bonchev–Trinajstić information content (AvgIpc) is 2.82. The lowest BCUT2D eigenvalue weighted by Crippen LogP contribution is -2.50. The van der Waals surface area contributed by atoms with E-state index in [0.29, 0.717) is 49.8 Å². The first-order valence-electron chi connectivity index (χ1n) is 10.3. The minimum atomic E-state index is -0.118. The second-order valence-corrected chi connectivity index (χ2v) is 6.99. The van der Waals surface area contributed by atoms with Gasteiger partial charge in [0.25, 0.3) is 5.91 Å². The molecule has 7 heteroatoms. The lowest BCUT2D eigenvalue weighted by Gasteiger charge is -2.34. The van der Waals surface area contributed by atoms with Crippen LogP contribution in [0.1, 0.15) is 22.8 Å². The van der Waals surface area contributed by atoms with E-state index >= 15 is 0 Å². The Balaban J connectivity index is 1.60. The number of benzene rings is 2. The number of nitrogens with zero attached hydrogens (tertiary/aromatic N) is 2. The highest BCUT2D eigenvalue weighted by Gasteiger charge is 2.26. The molecule has 1 heterocycles. The largest absolute Gasteiger partial charge is 0.497 e. The van der Waals surface area contributed by atoms with Crippen LogP contribution in [-0.4, -0.2) is 68.6 Å². The average molecular weight is 424 g/mol. The summed E-state index contributed by atoms with van der Waals surface area (Å²) in [4.78, 5) is 29.0. The van der Waals surface area contributed by atoms with E-state index in [9.17, 15) is 9.59 Å². The number of hydrogen-bond acceptors (Lipinski definition) is 5. The summed E-state index contributed by atoms with van der Waals surface area (Å²) in [7, 11) is 3.09. The fourth-order valence-electron chi connectivity index (χ4n) is 3.45. The van der Waals surface area contributed by atoms with Gasteiger partial charge in [0.15, 0.2) is 0 Å². The monoisotopic (exact) mass is 424 g/mol. The molecule has 3 rings (SSSR count). The van der Waals surface area contributed by atoms with E-state index in [1.807, 2.05) is 31.2 Å². The van der Waals surface area contributed by atoms with Crippen molar-refractivity contribution >= 4 is 17.9 Å². The number of piperazine rings is 1. The molecule has 1 aliphatic heterocycles. The maximum absolute atomic E-state index is 12.9. The van der Waals surface area contributed by atoms with Crippen molar-refractivity contribution in [3.8, 4) is 17.2 Å². The number of carbonyl (C=O) groups is 2. The summed E-state index contributed by atoms with van der Waals surface area (Å²) in [6.45, 7) is 4.36. The summed E-state index contributed by atoms with van der Waals surface area (Å²) in [5, 5.41) is 0. The molecule has 0 N–H and O–H groups in total. The fourth-order valence-corrected chi connectivity index (χ4v) is 3.45. The molecule has 0 atom stereocenters. The van der Waals surface area contributed by atoms with Gasteiger partial charge in [-0.1, -0.05) is 18.2 Å². The van der Waals surface area contributed by atoms with Crippen molar-refractivity contribution in [2.24, 2.45) is 0 Å². The Kier molecular flexibility index (Phi) is 7.54. The van der Waals surface area contributed by atoms with Crippen LogP contribution in [0.25, 0.3) is 6.08 Å².